The largest absolute Gasteiger partial charge is 0.399 e. The fourth-order valence-corrected chi connectivity index (χ4v) is 4.01. The highest BCUT2D eigenvalue weighted by molar-refractivity contribution is 5.92. The number of rotatable bonds is 7. The average molecular weight is 451 g/mol. The maximum Gasteiger partial charge on any atom is 0.213 e. The highest BCUT2D eigenvalue weighted by atomic mass is 15.1. The predicted molar refractivity (Wildman–Crippen MR) is 141 cm³/mol. The standard InChI is InChI=1S/C28H28N6/c1-34-15-12-24(13-16-34)32-25-4-2-3-20(17-25)19-31-22-6-8-23(9-7-22)33-28-11-14-30-27-10-5-21(29)18-26(27)28/h2-15,17-18,31-32H,16,19,29H2,1H3,(H,30,33)/p+2. The third-order valence-electron chi connectivity index (χ3n) is 5.89. The Hall–Kier alpha value is -4.29. The van der Waals surface area contributed by atoms with E-state index in [1.807, 2.05) is 30.5 Å². The van der Waals surface area contributed by atoms with Crippen LogP contribution in [-0.4, -0.2) is 13.6 Å². The summed E-state index contributed by atoms with van der Waals surface area (Å²) in [7, 11) is 2.15. The maximum absolute atomic E-state index is 5.99. The molecule has 3 aromatic carbocycles. The Labute approximate surface area is 199 Å². The van der Waals surface area contributed by atoms with Crippen molar-refractivity contribution in [3.63, 3.8) is 0 Å². The van der Waals surface area contributed by atoms with E-state index in [-0.39, 0.29) is 0 Å². The Balaban J connectivity index is 1.21. The van der Waals surface area contributed by atoms with E-state index in [1.165, 1.54) is 10.5 Å². The number of aromatic amines is 1. The van der Waals surface area contributed by atoms with Crippen LogP contribution >= 0.6 is 0 Å². The smallest absolute Gasteiger partial charge is 0.213 e. The average Bonchev–Trinajstić information content (AvgIpc) is 2.86. The lowest BCUT2D eigenvalue weighted by Crippen LogP contribution is -3.04. The number of quaternary nitrogens is 1. The van der Waals surface area contributed by atoms with Gasteiger partial charge in [-0.1, -0.05) is 12.1 Å². The summed E-state index contributed by atoms with van der Waals surface area (Å²) in [5.74, 6) is 0. The first-order valence-corrected chi connectivity index (χ1v) is 11.5. The Morgan fingerprint density at radius 3 is 2.59 bits per heavy atom. The van der Waals surface area contributed by atoms with E-state index in [0.717, 1.165) is 58.1 Å². The summed E-state index contributed by atoms with van der Waals surface area (Å²) in [6.45, 7) is 1.75. The summed E-state index contributed by atoms with van der Waals surface area (Å²) in [5.41, 5.74) is 14.3. The number of allylic oxidation sites excluding steroid dienone is 1. The number of pyridine rings is 1. The number of nitrogen functional groups attached to an aromatic ring is 1. The van der Waals surface area contributed by atoms with Crippen molar-refractivity contribution in [1.82, 2.24) is 0 Å². The Kier molecular flexibility index (Phi) is 6.14. The number of nitrogens with two attached hydrogens (primary N) is 1. The summed E-state index contributed by atoms with van der Waals surface area (Å²) in [6.07, 6.45) is 8.45. The van der Waals surface area contributed by atoms with Gasteiger partial charge in [0.15, 0.2) is 6.20 Å². The van der Waals surface area contributed by atoms with Gasteiger partial charge in [-0.05, 0) is 60.2 Å². The van der Waals surface area contributed by atoms with Gasteiger partial charge in [-0.3, -0.25) is 0 Å². The van der Waals surface area contributed by atoms with Crippen LogP contribution in [0, 0.1) is 0 Å². The number of likely N-dealkylation sites (N-methyl/N-ethyl adjacent to an activating group) is 1. The summed E-state index contributed by atoms with van der Waals surface area (Å²) >= 11 is 0. The number of hydrogen-bond acceptors (Lipinski definition) is 4. The molecule has 0 amide bonds. The lowest BCUT2D eigenvalue weighted by Gasteiger charge is -2.15. The molecule has 1 unspecified atom stereocenters. The van der Waals surface area contributed by atoms with Gasteiger partial charge < -0.3 is 26.6 Å². The summed E-state index contributed by atoms with van der Waals surface area (Å²) in [5, 5.41) is 11.6. The first-order valence-electron chi connectivity index (χ1n) is 11.5. The molecular weight excluding hydrogens is 420 g/mol. The summed E-state index contributed by atoms with van der Waals surface area (Å²) in [6, 6.07) is 24.8. The van der Waals surface area contributed by atoms with Crippen LogP contribution in [0.5, 0.6) is 0 Å². The molecule has 170 valence electrons. The third kappa shape index (κ3) is 5.19. The van der Waals surface area contributed by atoms with E-state index in [1.54, 1.807) is 0 Å². The molecule has 1 aliphatic rings. The molecule has 1 aliphatic heterocycles. The highest BCUT2D eigenvalue weighted by Gasteiger charge is 2.08. The van der Waals surface area contributed by atoms with Crippen LogP contribution < -0.4 is 31.6 Å². The van der Waals surface area contributed by atoms with Gasteiger partial charge in [0.25, 0.3) is 0 Å². The van der Waals surface area contributed by atoms with Crippen molar-refractivity contribution < 1.29 is 9.88 Å². The van der Waals surface area contributed by atoms with Crippen LogP contribution in [0.25, 0.3) is 10.9 Å². The molecular formula is C28H30N6+2. The van der Waals surface area contributed by atoms with Gasteiger partial charge in [0, 0.05) is 53.2 Å². The van der Waals surface area contributed by atoms with Crippen molar-refractivity contribution in [1.29, 1.82) is 0 Å². The molecule has 0 saturated carbocycles. The molecule has 2 heterocycles. The topological polar surface area (TPSA) is 80.7 Å². The second-order valence-electron chi connectivity index (χ2n) is 8.62. The minimum atomic E-state index is 0.745. The van der Waals surface area contributed by atoms with Crippen LogP contribution in [0.15, 0.2) is 103 Å². The van der Waals surface area contributed by atoms with Gasteiger partial charge in [0.2, 0.25) is 5.52 Å². The zero-order valence-corrected chi connectivity index (χ0v) is 19.2. The van der Waals surface area contributed by atoms with Crippen molar-refractivity contribution in [2.24, 2.45) is 0 Å². The highest BCUT2D eigenvalue weighted by Crippen LogP contribution is 2.26. The van der Waals surface area contributed by atoms with Crippen LogP contribution in [0.4, 0.5) is 28.4 Å². The molecule has 5 rings (SSSR count). The molecule has 1 atom stereocenters. The zero-order valence-electron chi connectivity index (χ0n) is 19.2. The second-order valence-corrected chi connectivity index (χ2v) is 8.62. The molecule has 6 heteroatoms. The van der Waals surface area contributed by atoms with Crippen molar-refractivity contribution in [2.45, 2.75) is 6.54 Å². The Bertz CT molecular complexity index is 1360. The molecule has 0 fully saturated rings. The van der Waals surface area contributed by atoms with Gasteiger partial charge in [0.1, 0.15) is 6.54 Å². The van der Waals surface area contributed by atoms with Crippen LogP contribution in [0.3, 0.4) is 0 Å². The monoisotopic (exact) mass is 450 g/mol. The molecule has 0 saturated heterocycles. The third-order valence-corrected chi connectivity index (χ3v) is 5.89. The van der Waals surface area contributed by atoms with E-state index in [0.29, 0.717) is 0 Å². The first kappa shape index (κ1) is 21.6. The second kappa shape index (κ2) is 9.68. The number of hydrogen-bond donors (Lipinski definition) is 5. The molecule has 6 nitrogen and oxygen atoms in total. The lowest BCUT2D eigenvalue weighted by atomic mass is 10.1. The van der Waals surface area contributed by atoms with Gasteiger partial charge in [-0.2, -0.15) is 0 Å². The SMILES string of the molecule is C[NH+]1C=CC(Nc2cccc(CNc3ccc(Nc4cc[nH+]c5ccc(N)cc45)cc3)c2)=CC1. The van der Waals surface area contributed by atoms with E-state index >= 15 is 0 Å². The number of fused-ring (bicyclic) bond motifs is 1. The van der Waals surface area contributed by atoms with Crippen molar-refractivity contribution >= 4 is 39.3 Å². The normalized spacial score (nSPS) is 15.1. The van der Waals surface area contributed by atoms with Gasteiger partial charge in [-0.25, -0.2) is 4.98 Å². The number of H-pyrrole nitrogens is 1. The fourth-order valence-electron chi connectivity index (χ4n) is 4.01. The molecule has 4 aromatic rings. The molecule has 0 aliphatic carbocycles. The quantitative estimate of drug-likeness (QED) is 0.277. The minimum Gasteiger partial charge on any atom is -0.399 e. The molecule has 0 bridgehead atoms. The molecule has 0 spiro atoms. The number of benzene rings is 3. The summed E-state index contributed by atoms with van der Waals surface area (Å²) in [4.78, 5) is 4.64. The summed E-state index contributed by atoms with van der Waals surface area (Å²) < 4.78 is 0. The first-order chi connectivity index (χ1) is 16.6. The van der Waals surface area contributed by atoms with Crippen molar-refractivity contribution in [3.05, 3.63) is 109 Å². The minimum absolute atomic E-state index is 0.745. The van der Waals surface area contributed by atoms with E-state index in [9.17, 15) is 0 Å². The number of anilines is 5. The van der Waals surface area contributed by atoms with E-state index < -0.39 is 0 Å². The Morgan fingerprint density at radius 1 is 0.912 bits per heavy atom. The molecule has 34 heavy (non-hydrogen) atoms. The van der Waals surface area contributed by atoms with Crippen molar-refractivity contribution in [2.75, 3.05) is 35.3 Å². The Morgan fingerprint density at radius 2 is 1.76 bits per heavy atom. The van der Waals surface area contributed by atoms with Gasteiger partial charge >= 0.3 is 0 Å². The molecule has 7 N–H and O–H groups in total. The fraction of sp³-hybridized carbons (Fsp3) is 0.107. The van der Waals surface area contributed by atoms with Gasteiger partial charge in [-0.15, -0.1) is 0 Å². The van der Waals surface area contributed by atoms with Crippen LogP contribution in [0.1, 0.15) is 5.56 Å². The van der Waals surface area contributed by atoms with Gasteiger partial charge in [0.05, 0.1) is 24.3 Å². The number of nitrogens with one attached hydrogen (secondary N) is 5. The predicted octanol–water partition coefficient (Wildman–Crippen LogP) is 3.93. The van der Waals surface area contributed by atoms with Crippen LogP contribution in [0.2, 0.25) is 0 Å². The number of aromatic nitrogens is 1. The van der Waals surface area contributed by atoms with E-state index in [4.69, 9.17) is 5.73 Å². The lowest BCUT2D eigenvalue weighted by molar-refractivity contribution is -0.818. The molecule has 1 aromatic heterocycles. The zero-order chi connectivity index (χ0) is 23.3. The molecule has 0 radical (unpaired) electrons. The maximum atomic E-state index is 5.99. The van der Waals surface area contributed by atoms with Crippen molar-refractivity contribution in [3.8, 4) is 0 Å². The van der Waals surface area contributed by atoms with E-state index in [2.05, 4.69) is 94.9 Å². The van der Waals surface area contributed by atoms with Crippen LogP contribution in [-0.2, 0) is 6.54 Å².